The first-order chi connectivity index (χ1) is 6.76. The molecule has 0 amide bonds. The van der Waals surface area contributed by atoms with E-state index in [1.807, 2.05) is 0 Å². The van der Waals surface area contributed by atoms with Crippen molar-refractivity contribution in [3.8, 4) is 18.4 Å². The minimum atomic E-state index is -0.182. The Kier molecular flexibility index (Phi) is 4.02. The molecule has 76 valence electrons. The predicted molar refractivity (Wildman–Crippen MR) is 58.4 cm³/mol. The fraction of sp³-hybridized carbons (Fsp3) is 0.769. The molecule has 0 N–H and O–H groups in total. The molecule has 0 heterocycles. The van der Waals surface area contributed by atoms with Gasteiger partial charge in [0.05, 0.1) is 11.5 Å². The average Bonchev–Trinajstić information content (AvgIpc) is 2.22. The molecule has 1 aliphatic carbocycles. The number of terminal acetylenes is 1. The Labute approximate surface area is 87.5 Å². The molecule has 1 fully saturated rings. The van der Waals surface area contributed by atoms with Crippen molar-refractivity contribution in [2.75, 3.05) is 0 Å². The first-order valence-electron chi connectivity index (χ1n) is 5.61. The molecule has 1 saturated carbocycles. The summed E-state index contributed by atoms with van der Waals surface area (Å²) in [6.45, 7) is 2.23. The lowest BCUT2D eigenvalue weighted by atomic mass is 9.69. The molecule has 1 aliphatic rings. The summed E-state index contributed by atoms with van der Waals surface area (Å²) in [7, 11) is 0. The Morgan fingerprint density at radius 2 is 2.07 bits per heavy atom. The van der Waals surface area contributed by atoms with Crippen molar-refractivity contribution < 1.29 is 0 Å². The second kappa shape index (κ2) is 5.06. The molecule has 0 aromatic rings. The van der Waals surface area contributed by atoms with E-state index in [2.05, 4.69) is 18.9 Å². The lowest BCUT2D eigenvalue weighted by molar-refractivity contribution is 0.206. The Hall–Kier alpha value is -0.950. The van der Waals surface area contributed by atoms with Crippen LogP contribution in [0.5, 0.6) is 0 Å². The molecule has 1 rings (SSSR count). The van der Waals surface area contributed by atoms with Crippen LogP contribution in [0.2, 0.25) is 0 Å². The van der Waals surface area contributed by atoms with E-state index in [0.29, 0.717) is 6.42 Å². The molecule has 0 aromatic carbocycles. The summed E-state index contributed by atoms with van der Waals surface area (Å²) >= 11 is 0. The monoisotopic (exact) mass is 189 g/mol. The summed E-state index contributed by atoms with van der Waals surface area (Å²) in [5.41, 5.74) is -0.182. The van der Waals surface area contributed by atoms with Crippen LogP contribution in [0.25, 0.3) is 0 Å². The van der Waals surface area contributed by atoms with Gasteiger partial charge in [-0.25, -0.2) is 0 Å². The van der Waals surface area contributed by atoms with Crippen LogP contribution in [0.15, 0.2) is 0 Å². The van der Waals surface area contributed by atoms with Gasteiger partial charge in [0, 0.05) is 6.42 Å². The molecular weight excluding hydrogens is 170 g/mol. The molecule has 0 atom stereocenters. The van der Waals surface area contributed by atoms with Crippen molar-refractivity contribution in [1.82, 2.24) is 0 Å². The highest BCUT2D eigenvalue weighted by molar-refractivity contribution is 5.08. The van der Waals surface area contributed by atoms with Gasteiger partial charge in [0.2, 0.25) is 0 Å². The van der Waals surface area contributed by atoms with Gasteiger partial charge in [-0.05, 0) is 31.6 Å². The van der Waals surface area contributed by atoms with E-state index in [-0.39, 0.29) is 5.41 Å². The topological polar surface area (TPSA) is 23.8 Å². The minimum absolute atomic E-state index is 0.182. The van der Waals surface area contributed by atoms with Crippen LogP contribution in [-0.4, -0.2) is 0 Å². The second-order valence-electron chi connectivity index (χ2n) is 4.51. The minimum Gasteiger partial charge on any atom is -0.198 e. The van der Waals surface area contributed by atoms with Crippen molar-refractivity contribution in [3.05, 3.63) is 0 Å². The first kappa shape index (κ1) is 11.1. The van der Waals surface area contributed by atoms with Gasteiger partial charge in [-0.15, -0.1) is 12.3 Å². The van der Waals surface area contributed by atoms with Crippen LogP contribution >= 0.6 is 0 Å². The fourth-order valence-corrected chi connectivity index (χ4v) is 2.45. The van der Waals surface area contributed by atoms with Gasteiger partial charge < -0.3 is 0 Å². The van der Waals surface area contributed by atoms with Crippen LogP contribution in [0.1, 0.15) is 51.9 Å². The Morgan fingerprint density at radius 1 is 1.43 bits per heavy atom. The van der Waals surface area contributed by atoms with E-state index >= 15 is 0 Å². The van der Waals surface area contributed by atoms with Gasteiger partial charge in [-0.2, -0.15) is 5.26 Å². The third-order valence-electron chi connectivity index (χ3n) is 3.44. The maximum atomic E-state index is 9.14. The van der Waals surface area contributed by atoms with Gasteiger partial charge in [-0.3, -0.25) is 0 Å². The molecule has 1 heteroatoms. The molecule has 0 radical (unpaired) electrons. The van der Waals surface area contributed by atoms with Gasteiger partial charge in [0.15, 0.2) is 0 Å². The average molecular weight is 189 g/mol. The summed E-state index contributed by atoms with van der Waals surface area (Å²) < 4.78 is 0. The molecule has 0 spiro atoms. The van der Waals surface area contributed by atoms with Crippen LogP contribution in [0.4, 0.5) is 0 Å². The van der Waals surface area contributed by atoms with E-state index in [9.17, 15) is 0 Å². The number of nitriles is 1. The molecule has 0 aromatic heterocycles. The molecular formula is C13H19N. The Morgan fingerprint density at radius 3 is 2.50 bits per heavy atom. The van der Waals surface area contributed by atoms with Crippen LogP contribution in [0.3, 0.4) is 0 Å². The molecule has 0 saturated heterocycles. The van der Waals surface area contributed by atoms with E-state index in [1.165, 1.54) is 25.7 Å². The zero-order valence-electron chi connectivity index (χ0n) is 9.05. The molecule has 0 unspecified atom stereocenters. The first-order valence-corrected chi connectivity index (χ1v) is 5.61. The van der Waals surface area contributed by atoms with E-state index in [0.717, 1.165) is 18.8 Å². The van der Waals surface area contributed by atoms with Gasteiger partial charge >= 0.3 is 0 Å². The summed E-state index contributed by atoms with van der Waals surface area (Å²) in [5.74, 6) is 3.50. The van der Waals surface area contributed by atoms with Gasteiger partial charge in [0.25, 0.3) is 0 Å². The largest absolute Gasteiger partial charge is 0.198 e. The van der Waals surface area contributed by atoms with Crippen LogP contribution in [-0.2, 0) is 0 Å². The van der Waals surface area contributed by atoms with Crippen molar-refractivity contribution in [2.24, 2.45) is 11.3 Å². The lowest BCUT2D eigenvalue weighted by Gasteiger charge is -2.33. The Bertz CT molecular complexity index is 245. The zero-order valence-corrected chi connectivity index (χ0v) is 9.05. The third-order valence-corrected chi connectivity index (χ3v) is 3.44. The summed E-state index contributed by atoms with van der Waals surface area (Å²) in [5, 5.41) is 9.14. The zero-order chi connectivity index (χ0) is 10.4. The van der Waals surface area contributed by atoms with Crippen molar-refractivity contribution in [3.63, 3.8) is 0 Å². The highest BCUT2D eigenvalue weighted by atomic mass is 14.4. The summed E-state index contributed by atoms with van der Waals surface area (Å²) in [6, 6.07) is 2.44. The fourth-order valence-electron chi connectivity index (χ4n) is 2.45. The predicted octanol–water partition coefficient (Wildman–Crippen LogP) is 3.51. The lowest BCUT2D eigenvalue weighted by Crippen LogP contribution is -2.25. The Balaban J connectivity index is 2.48. The maximum absolute atomic E-state index is 9.14. The number of hydrogen-bond acceptors (Lipinski definition) is 1. The number of rotatable bonds is 3. The highest BCUT2D eigenvalue weighted by Crippen LogP contribution is 2.42. The maximum Gasteiger partial charge on any atom is 0.0699 e. The molecule has 1 nitrogen and oxygen atoms in total. The molecule has 0 aliphatic heterocycles. The summed E-state index contributed by atoms with van der Waals surface area (Å²) in [4.78, 5) is 0. The van der Waals surface area contributed by atoms with Gasteiger partial charge in [0.1, 0.15) is 0 Å². The normalized spacial score (nSPS) is 31.8. The van der Waals surface area contributed by atoms with Crippen LogP contribution in [0, 0.1) is 35.0 Å². The number of nitrogens with zero attached hydrogens (tertiary/aromatic N) is 1. The van der Waals surface area contributed by atoms with E-state index in [4.69, 9.17) is 11.7 Å². The smallest absolute Gasteiger partial charge is 0.0699 e. The van der Waals surface area contributed by atoms with Gasteiger partial charge in [-0.1, -0.05) is 19.8 Å². The molecule has 14 heavy (non-hydrogen) atoms. The standard InChI is InChI=1S/C13H19N/c1-3-5-12-6-9-13(11-14,8-4-2)10-7-12/h2,12H,3,5-10H2,1H3. The van der Waals surface area contributed by atoms with E-state index < -0.39 is 0 Å². The highest BCUT2D eigenvalue weighted by Gasteiger charge is 2.34. The van der Waals surface area contributed by atoms with Crippen molar-refractivity contribution >= 4 is 0 Å². The quantitative estimate of drug-likeness (QED) is 0.623. The SMILES string of the molecule is C#CCC1(C#N)CCC(CCC)CC1. The van der Waals surface area contributed by atoms with E-state index in [1.54, 1.807) is 0 Å². The number of hydrogen-bond donors (Lipinski definition) is 0. The molecule has 0 bridgehead atoms. The summed E-state index contributed by atoms with van der Waals surface area (Å²) in [6.07, 6.45) is 13.0. The van der Waals surface area contributed by atoms with Crippen LogP contribution < -0.4 is 0 Å². The van der Waals surface area contributed by atoms with Crippen molar-refractivity contribution in [1.29, 1.82) is 5.26 Å². The third kappa shape index (κ3) is 2.52. The second-order valence-corrected chi connectivity index (χ2v) is 4.51. The van der Waals surface area contributed by atoms with Crippen molar-refractivity contribution in [2.45, 2.75) is 51.9 Å².